The van der Waals surface area contributed by atoms with Crippen molar-refractivity contribution < 1.29 is 0 Å². The van der Waals surface area contributed by atoms with E-state index >= 15 is 0 Å². The van der Waals surface area contributed by atoms with Crippen molar-refractivity contribution in [3.8, 4) is 11.5 Å². The number of aryl methyl sites for hydroxylation is 1. The maximum Gasteiger partial charge on any atom is 0.159 e. The molecule has 7 heteroatoms. The van der Waals surface area contributed by atoms with Gasteiger partial charge in [0.15, 0.2) is 5.82 Å². The Kier molecular flexibility index (Phi) is 5.45. The maximum absolute atomic E-state index is 4.90. The zero-order valence-electron chi connectivity index (χ0n) is 16.9. The van der Waals surface area contributed by atoms with Crippen molar-refractivity contribution >= 4 is 34.6 Å². The van der Waals surface area contributed by atoms with Crippen LogP contribution in [-0.4, -0.2) is 30.4 Å². The molecule has 0 amide bonds. The molecule has 150 valence electrons. The van der Waals surface area contributed by atoms with Crippen LogP contribution in [0.5, 0.6) is 0 Å². The molecule has 0 bridgehead atoms. The van der Waals surface area contributed by atoms with Crippen LogP contribution >= 0.6 is 11.3 Å². The highest BCUT2D eigenvalue weighted by atomic mass is 32.1. The first-order chi connectivity index (χ1) is 14.6. The summed E-state index contributed by atoms with van der Waals surface area (Å²) in [7, 11) is 0. The minimum atomic E-state index is 0.699. The van der Waals surface area contributed by atoms with Gasteiger partial charge in [-0.3, -0.25) is 10.2 Å². The Morgan fingerprint density at radius 3 is 2.83 bits per heavy atom. The van der Waals surface area contributed by atoms with E-state index in [2.05, 4.69) is 50.0 Å². The number of rotatable bonds is 6. The predicted octanol–water partition coefficient (Wildman–Crippen LogP) is 3.80. The predicted molar refractivity (Wildman–Crippen MR) is 124 cm³/mol. The van der Waals surface area contributed by atoms with E-state index in [1.807, 2.05) is 44.3 Å². The maximum atomic E-state index is 4.90. The average molecular weight is 415 g/mol. The number of allylic oxidation sites excluding steroid dienone is 3. The number of H-pyrrole nitrogens is 3. The largest absolute Gasteiger partial charge is 0.340 e. The lowest BCUT2D eigenvalue weighted by Crippen LogP contribution is -2.23. The summed E-state index contributed by atoms with van der Waals surface area (Å²) >= 11 is 1.67. The second kappa shape index (κ2) is 8.34. The standard InChI is InChI=1S/C23H22N6S/c1-5-8-17(20-9-7-10-30-20)21-15(4)26-23(27-21)22-18(19(6-2)28-29-22)11-14(3)16-12-24-25-13-16/h5-13,28H,1,3H2,2,4H3,(H,24,25)(H,26,27)/b17-8-,18-11+,19-6+. The van der Waals surface area contributed by atoms with Gasteiger partial charge in [0, 0.05) is 33.1 Å². The SMILES string of the molecule is C=C/C=C(/c1cccs1)c1nc(-c2n[nH]c(=C/C)/c2=C\C(=C)c2cn[nH]c2)[nH]c1C. The van der Waals surface area contributed by atoms with Gasteiger partial charge in [-0.05, 0) is 36.9 Å². The lowest BCUT2D eigenvalue weighted by molar-refractivity contribution is 1.05. The fourth-order valence-corrected chi connectivity index (χ4v) is 4.01. The van der Waals surface area contributed by atoms with Gasteiger partial charge in [-0.25, -0.2) is 4.98 Å². The molecule has 0 aliphatic carbocycles. The van der Waals surface area contributed by atoms with Crippen LogP contribution in [-0.2, 0) is 0 Å². The molecule has 0 atom stereocenters. The van der Waals surface area contributed by atoms with Gasteiger partial charge in [0.1, 0.15) is 5.69 Å². The molecule has 6 nitrogen and oxygen atoms in total. The van der Waals surface area contributed by atoms with Crippen molar-refractivity contribution in [2.45, 2.75) is 13.8 Å². The summed E-state index contributed by atoms with van der Waals surface area (Å²) in [6.07, 6.45) is 11.3. The number of nitrogens with zero attached hydrogens (tertiary/aromatic N) is 3. The van der Waals surface area contributed by atoms with Crippen LogP contribution in [0.1, 0.15) is 28.8 Å². The molecule has 4 rings (SSSR count). The zero-order chi connectivity index (χ0) is 21.1. The molecular formula is C23H22N6S. The van der Waals surface area contributed by atoms with Gasteiger partial charge >= 0.3 is 0 Å². The molecule has 0 aliphatic rings. The number of thiophene rings is 1. The molecule has 0 radical (unpaired) electrons. The Bertz CT molecular complexity index is 1330. The average Bonchev–Trinajstić information content (AvgIpc) is 3.53. The molecule has 0 spiro atoms. The molecule has 3 N–H and O–H groups in total. The highest BCUT2D eigenvalue weighted by molar-refractivity contribution is 7.11. The van der Waals surface area contributed by atoms with E-state index in [9.17, 15) is 0 Å². The summed E-state index contributed by atoms with van der Waals surface area (Å²) in [5, 5.41) is 18.3. The molecule has 0 fully saturated rings. The molecule has 4 heterocycles. The van der Waals surface area contributed by atoms with Crippen molar-refractivity contribution in [1.29, 1.82) is 0 Å². The Morgan fingerprint density at radius 1 is 1.30 bits per heavy atom. The van der Waals surface area contributed by atoms with Crippen LogP contribution in [0.3, 0.4) is 0 Å². The Labute approximate surface area is 178 Å². The summed E-state index contributed by atoms with van der Waals surface area (Å²) in [5.41, 5.74) is 5.39. The van der Waals surface area contributed by atoms with E-state index < -0.39 is 0 Å². The van der Waals surface area contributed by atoms with E-state index in [1.54, 1.807) is 23.6 Å². The van der Waals surface area contributed by atoms with Crippen molar-refractivity contribution in [1.82, 2.24) is 30.4 Å². The van der Waals surface area contributed by atoms with E-state index in [4.69, 9.17) is 4.98 Å². The van der Waals surface area contributed by atoms with Crippen LogP contribution in [0.4, 0.5) is 0 Å². The van der Waals surface area contributed by atoms with Crippen molar-refractivity contribution in [3.63, 3.8) is 0 Å². The smallest absolute Gasteiger partial charge is 0.159 e. The normalized spacial score (nSPS) is 13.2. The molecule has 4 aromatic heterocycles. The first-order valence-corrected chi connectivity index (χ1v) is 10.3. The third kappa shape index (κ3) is 3.62. The minimum Gasteiger partial charge on any atom is -0.340 e. The summed E-state index contributed by atoms with van der Waals surface area (Å²) in [5.74, 6) is 0.699. The van der Waals surface area contributed by atoms with Crippen LogP contribution in [0.25, 0.3) is 34.8 Å². The fourth-order valence-electron chi connectivity index (χ4n) is 3.26. The van der Waals surface area contributed by atoms with E-state index in [0.29, 0.717) is 5.82 Å². The summed E-state index contributed by atoms with van der Waals surface area (Å²) in [6, 6.07) is 4.12. The Morgan fingerprint density at radius 2 is 2.17 bits per heavy atom. The number of aromatic nitrogens is 6. The molecule has 0 saturated heterocycles. The Hall–Kier alpha value is -3.71. The fraction of sp³-hybridized carbons (Fsp3) is 0.0870. The molecule has 0 unspecified atom stereocenters. The van der Waals surface area contributed by atoms with Crippen LogP contribution in [0, 0.1) is 6.92 Å². The van der Waals surface area contributed by atoms with Gasteiger partial charge in [0.05, 0.1) is 17.2 Å². The number of imidazole rings is 1. The minimum absolute atomic E-state index is 0.699. The van der Waals surface area contributed by atoms with Crippen molar-refractivity contribution in [2.75, 3.05) is 0 Å². The molecule has 4 aromatic rings. The second-order valence-corrected chi connectivity index (χ2v) is 7.64. The monoisotopic (exact) mass is 414 g/mol. The molecular weight excluding hydrogens is 392 g/mol. The highest BCUT2D eigenvalue weighted by Gasteiger charge is 2.17. The quantitative estimate of drug-likeness (QED) is 0.420. The third-order valence-corrected chi connectivity index (χ3v) is 5.65. The summed E-state index contributed by atoms with van der Waals surface area (Å²) in [6.45, 7) is 12.0. The van der Waals surface area contributed by atoms with Gasteiger partial charge in [-0.15, -0.1) is 11.3 Å². The van der Waals surface area contributed by atoms with Crippen LogP contribution < -0.4 is 10.6 Å². The summed E-state index contributed by atoms with van der Waals surface area (Å²) < 4.78 is 0. The first kappa shape index (κ1) is 19.6. The van der Waals surface area contributed by atoms with E-state index in [-0.39, 0.29) is 0 Å². The number of hydrogen-bond acceptors (Lipinski definition) is 4. The van der Waals surface area contributed by atoms with Crippen molar-refractivity contribution in [3.05, 3.63) is 87.6 Å². The van der Waals surface area contributed by atoms with E-state index in [1.165, 1.54) is 0 Å². The number of aromatic amines is 3. The van der Waals surface area contributed by atoms with Gasteiger partial charge in [0.25, 0.3) is 0 Å². The third-order valence-electron chi connectivity index (χ3n) is 4.74. The number of nitrogens with one attached hydrogen (secondary N) is 3. The topological polar surface area (TPSA) is 86.0 Å². The van der Waals surface area contributed by atoms with Crippen LogP contribution in [0.2, 0.25) is 0 Å². The lowest BCUT2D eigenvalue weighted by Gasteiger charge is -2.01. The van der Waals surface area contributed by atoms with Gasteiger partial charge < -0.3 is 4.98 Å². The number of hydrogen-bond donors (Lipinski definition) is 3. The molecule has 0 saturated carbocycles. The molecule has 0 aliphatic heterocycles. The first-order valence-electron chi connectivity index (χ1n) is 9.46. The molecule has 30 heavy (non-hydrogen) atoms. The van der Waals surface area contributed by atoms with Gasteiger partial charge in [-0.2, -0.15) is 10.2 Å². The highest BCUT2D eigenvalue weighted by Crippen LogP contribution is 2.29. The lowest BCUT2D eigenvalue weighted by atomic mass is 10.1. The van der Waals surface area contributed by atoms with Gasteiger partial charge in [0.2, 0.25) is 0 Å². The van der Waals surface area contributed by atoms with Crippen LogP contribution in [0.15, 0.2) is 55.2 Å². The molecule has 0 aromatic carbocycles. The van der Waals surface area contributed by atoms with Crippen molar-refractivity contribution in [2.24, 2.45) is 0 Å². The second-order valence-electron chi connectivity index (χ2n) is 6.70. The Balaban J connectivity index is 1.85. The summed E-state index contributed by atoms with van der Waals surface area (Å²) in [4.78, 5) is 9.44. The van der Waals surface area contributed by atoms with Gasteiger partial charge in [-0.1, -0.05) is 37.5 Å². The zero-order valence-corrected chi connectivity index (χ0v) is 17.7. The van der Waals surface area contributed by atoms with E-state index in [0.717, 1.165) is 49.2 Å².